The highest BCUT2D eigenvalue weighted by Gasteiger charge is 2.49. The Morgan fingerprint density at radius 1 is 0.706 bits per heavy atom. The predicted molar refractivity (Wildman–Crippen MR) is 85.8 cm³/mol. The molecule has 10 nitrogen and oxygen atoms in total. The summed E-state index contributed by atoms with van der Waals surface area (Å²) in [6.45, 7) is 0.541. The summed E-state index contributed by atoms with van der Waals surface area (Å²) >= 11 is 0. The zero-order valence-electron chi connectivity index (χ0n) is 15.8. The fourth-order valence-electron chi connectivity index (χ4n) is 1.71. The third-order valence-corrected chi connectivity index (χ3v) is 3.15. The second-order valence-electron chi connectivity index (χ2n) is 5.77. The molecule has 0 radical (unpaired) electrons. The lowest BCUT2D eigenvalue weighted by molar-refractivity contribution is -0.233. The van der Waals surface area contributed by atoms with Crippen molar-refractivity contribution in [1.82, 2.24) is 10.1 Å². The van der Waals surface area contributed by atoms with Crippen LogP contribution in [-0.2, 0) is 33.5 Å². The van der Waals surface area contributed by atoms with E-state index in [1.165, 1.54) is 0 Å². The number of carbonyl (C=O) groups excluding carboxylic acids is 5. The van der Waals surface area contributed by atoms with Crippen LogP contribution in [0.4, 0.5) is 39.5 Å². The zero-order valence-corrected chi connectivity index (χ0v) is 15.8. The fourth-order valence-corrected chi connectivity index (χ4v) is 1.71. The molecule has 2 aliphatic heterocycles. The summed E-state index contributed by atoms with van der Waals surface area (Å²) in [6, 6.07) is 0. The molecule has 19 heteroatoms. The smallest absolute Gasteiger partial charge is 0.380 e. The van der Waals surface area contributed by atoms with Gasteiger partial charge in [0.1, 0.15) is 0 Å². The van der Waals surface area contributed by atoms with Gasteiger partial charge in [-0.2, -0.15) is 44.6 Å². The number of hydroxylamine groups is 4. The van der Waals surface area contributed by atoms with Gasteiger partial charge in [0.25, 0.3) is 5.91 Å². The molecule has 2 heterocycles. The van der Waals surface area contributed by atoms with Gasteiger partial charge in [-0.25, -0.2) is 19.4 Å². The van der Waals surface area contributed by atoms with Crippen LogP contribution in [0.3, 0.4) is 0 Å². The molecule has 1 N–H and O–H groups in total. The maximum absolute atomic E-state index is 11.6. The number of amides is 2. The lowest BCUT2D eigenvalue weighted by atomic mass is 10.4. The van der Waals surface area contributed by atoms with E-state index in [0.717, 1.165) is 11.5 Å². The van der Waals surface area contributed by atoms with Gasteiger partial charge in [0.05, 0.1) is 6.54 Å². The molecule has 2 fully saturated rings. The standard InChI is InChI=1S/C6H6F3NO3.C4F6O3.C4H7NO2.CH4/c7-6(8,9)5(12)13-10-3-1-2-4(10)11;5-3(6,7)1(11)13-2(12)4(8,9)10;6-4-2-1-3-5(4)7;/h1-3H2;;7H,1-3H2;1H4. The summed E-state index contributed by atoms with van der Waals surface area (Å²) in [6.07, 6.45) is -14.5. The molecule has 2 amide bonds. The minimum atomic E-state index is -5.62. The Balaban J connectivity index is 0. The van der Waals surface area contributed by atoms with Gasteiger partial charge >= 0.3 is 36.4 Å². The van der Waals surface area contributed by atoms with Crippen LogP contribution in [0.1, 0.15) is 33.1 Å². The molecule has 0 spiro atoms. The van der Waals surface area contributed by atoms with E-state index >= 15 is 0 Å². The Kier molecular flexibility index (Phi) is 12.6. The molecule has 2 saturated heterocycles. The van der Waals surface area contributed by atoms with Crippen LogP contribution in [0.15, 0.2) is 0 Å². The number of alkyl halides is 9. The number of hydrogen-bond donors (Lipinski definition) is 1. The molecule has 198 valence electrons. The topological polar surface area (TPSA) is 131 Å². The van der Waals surface area contributed by atoms with Crippen LogP contribution in [0.2, 0.25) is 0 Å². The number of esters is 2. The lowest BCUT2D eigenvalue weighted by Crippen LogP contribution is -2.35. The third-order valence-electron chi connectivity index (χ3n) is 3.15. The van der Waals surface area contributed by atoms with Crippen molar-refractivity contribution in [3.05, 3.63) is 0 Å². The van der Waals surface area contributed by atoms with Crippen molar-refractivity contribution in [3.63, 3.8) is 0 Å². The van der Waals surface area contributed by atoms with Gasteiger partial charge in [0, 0.05) is 19.4 Å². The highest BCUT2D eigenvalue weighted by Crippen LogP contribution is 2.22. The van der Waals surface area contributed by atoms with Gasteiger partial charge in [-0.15, -0.1) is 0 Å². The highest BCUT2D eigenvalue weighted by atomic mass is 19.4. The van der Waals surface area contributed by atoms with Crippen LogP contribution in [0.25, 0.3) is 0 Å². The van der Waals surface area contributed by atoms with Crippen molar-refractivity contribution < 1.29 is 78.3 Å². The molecule has 0 aromatic heterocycles. The van der Waals surface area contributed by atoms with Crippen LogP contribution in [-0.4, -0.2) is 76.7 Å². The number of ether oxygens (including phenoxy) is 1. The molecule has 2 aliphatic rings. The molecule has 0 atom stereocenters. The van der Waals surface area contributed by atoms with Gasteiger partial charge in [-0.3, -0.25) is 14.8 Å². The van der Waals surface area contributed by atoms with Gasteiger partial charge in [-0.05, 0) is 12.8 Å². The molecule has 0 saturated carbocycles. The van der Waals surface area contributed by atoms with Gasteiger partial charge in [0.15, 0.2) is 0 Å². The van der Waals surface area contributed by atoms with E-state index in [4.69, 9.17) is 5.21 Å². The van der Waals surface area contributed by atoms with Crippen molar-refractivity contribution in [3.8, 4) is 0 Å². The number of halogens is 9. The first-order valence-electron chi connectivity index (χ1n) is 8.25. The average Bonchev–Trinajstić information content (AvgIpc) is 3.21. The largest absolute Gasteiger partial charge is 0.493 e. The number of nitrogens with zero attached hydrogens (tertiary/aromatic N) is 2. The van der Waals surface area contributed by atoms with Crippen molar-refractivity contribution in [2.75, 3.05) is 13.1 Å². The summed E-state index contributed by atoms with van der Waals surface area (Å²) in [7, 11) is 0. The maximum atomic E-state index is 11.6. The Morgan fingerprint density at radius 3 is 1.32 bits per heavy atom. The maximum Gasteiger partial charge on any atom is 0.493 e. The van der Waals surface area contributed by atoms with E-state index in [2.05, 4.69) is 9.57 Å². The zero-order chi connectivity index (χ0) is 26.2. The quantitative estimate of drug-likeness (QED) is 0.240. The number of rotatable bonds is 1. The van der Waals surface area contributed by atoms with Gasteiger partial charge in [0.2, 0.25) is 5.91 Å². The van der Waals surface area contributed by atoms with Crippen molar-refractivity contribution >= 4 is 29.7 Å². The van der Waals surface area contributed by atoms with E-state index in [0.29, 0.717) is 24.4 Å². The minimum Gasteiger partial charge on any atom is -0.380 e. The summed E-state index contributed by atoms with van der Waals surface area (Å²) in [5, 5.41) is 9.69. The Labute approximate surface area is 184 Å². The molecule has 0 aliphatic carbocycles. The first-order chi connectivity index (χ1) is 14.8. The third kappa shape index (κ3) is 12.2. The molecular weight excluding hydrogens is 507 g/mol. The second kappa shape index (κ2) is 12.9. The highest BCUT2D eigenvalue weighted by molar-refractivity contribution is 5.90. The predicted octanol–water partition coefficient (Wildman–Crippen LogP) is 2.44. The second-order valence-corrected chi connectivity index (χ2v) is 5.77. The monoisotopic (exact) mass is 524 g/mol. The van der Waals surface area contributed by atoms with E-state index in [9.17, 15) is 63.5 Å². The molecule has 2 rings (SSSR count). The Bertz CT molecular complexity index is 726. The molecular formula is C15H17F9N2O8. The summed E-state index contributed by atoms with van der Waals surface area (Å²) < 4.78 is 105. The Morgan fingerprint density at radius 2 is 1.09 bits per heavy atom. The normalized spacial score (nSPS) is 15.9. The van der Waals surface area contributed by atoms with Crippen LogP contribution in [0, 0.1) is 0 Å². The molecule has 0 aromatic rings. The Hall–Kier alpha value is -3.12. The molecule has 0 unspecified atom stereocenters. The van der Waals surface area contributed by atoms with E-state index < -0.39 is 42.3 Å². The SMILES string of the molecule is C.O=C(OC(=O)C(F)(F)F)C(F)(F)F.O=C1CCCN1O.O=C1CCCN1OC(=O)C(F)(F)F. The fraction of sp³-hybridized carbons (Fsp3) is 0.667. The van der Waals surface area contributed by atoms with E-state index in [1.54, 1.807) is 0 Å². The molecule has 34 heavy (non-hydrogen) atoms. The van der Waals surface area contributed by atoms with Crippen molar-refractivity contribution in [2.24, 2.45) is 0 Å². The minimum absolute atomic E-state index is 0. The van der Waals surface area contributed by atoms with Crippen LogP contribution >= 0.6 is 0 Å². The number of carbonyl (C=O) groups is 5. The molecule has 0 aromatic carbocycles. The first kappa shape index (κ1) is 33.1. The van der Waals surface area contributed by atoms with Crippen molar-refractivity contribution in [1.29, 1.82) is 0 Å². The van der Waals surface area contributed by atoms with Crippen molar-refractivity contribution in [2.45, 2.75) is 51.6 Å². The lowest BCUT2D eigenvalue weighted by Gasteiger charge is -2.14. The summed E-state index contributed by atoms with van der Waals surface area (Å²) in [4.78, 5) is 54.3. The summed E-state index contributed by atoms with van der Waals surface area (Å²) in [5.41, 5.74) is 0. The summed E-state index contributed by atoms with van der Waals surface area (Å²) in [5.74, 6) is -9.51. The molecule has 0 bridgehead atoms. The van der Waals surface area contributed by atoms with E-state index in [1.807, 2.05) is 0 Å². The van der Waals surface area contributed by atoms with E-state index in [-0.39, 0.29) is 26.3 Å². The number of hydrogen-bond acceptors (Lipinski definition) is 8. The average molecular weight is 524 g/mol. The van der Waals surface area contributed by atoms with Crippen LogP contribution in [0.5, 0.6) is 0 Å². The first-order valence-corrected chi connectivity index (χ1v) is 8.25. The van der Waals surface area contributed by atoms with Gasteiger partial charge < -0.3 is 9.57 Å². The van der Waals surface area contributed by atoms with Gasteiger partial charge in [-0.1, -0.05) is 7.43 Å². The van der Waals surface area contributed by atoms with Crippen LogP contribution < -0.4 is 0 Å².